The normalized spacial score (nSPS) is 20.2. The summed E-state index contributed by atoms with van der Waals surface area (Å²) in [5, 5.41) is 8.15. The first-order valence-electron chi connectivity index (χ1n) is 12.5. The number of rotatable bonds is 7. The van der Waals surface area contributed by atoms with Crippen LogP contribution in [0.1, 0.15) is 37.3 Å². The molecule has 172 valence electrons. The smallest absolute Gasteiger partial charge is 0.0733 e. The van der Waals surface area contributed by atoms with Gasteiger partial charge in [0.2, 0.25) is 0 Å². The first-order valence-corrected chi connectivity index (χ1v) is 12.5. The molecule has 2 aliphatic rings. The molecule has 33 heavy (non-hydrogen) atoms. The summed E-state index contributed by atoms with van der Waals surface area (Å²) in [6.07, 6.45) is 5.62. The molecule has 2 aromatic carbocycles. The van der Waals surface area contributed by atoms with E-state index in [0.717, 1.165) is 56.5 Å². The van der Waals surface area contributed by atoms with Crippen molar-refractivity contribution < 1.29 is 0 Å². The third-order valence-electron chi connectivity index (χ3n) is 7.39. The van der Waals surface area contributed by atoms with Crippen LogP contribution in [0.3, 0.4) is 0 Å². The number of aryl methyl sites for hydroxylation is 2. The second-order valence-corrected chi connectivity index (χ2v) is 9.69. The van der Waals surface area contributed by atoms with E-state index in [1.807, 2.05) is 7.05 Å². The lowest BCUT2D eigenvalue weighted by atomic mass is 9.93. The van der Waals surface area contributed by atoms with E-state index < -0.39 is 0 Å². The average Bonchev–Trinajstić information content (AvgIpc) is 3.26. The molecule has 0 bridgehead atoms. The summed E-state index contributed by atoms with van der Waals surface area (Å²) in [6.45, 7) is 9.58. The third kappa shape index (κ3) is 4.63. The van der Waals surface area contributed by atoms with E-state index in [4.69, 9.17) is 4.98 Å². The number of anilines is 1. The van der Waals surface area contributed by atoms with Gasteiger partial charge >= 0.3 is 0 Å². The number of nitrogens with one attached hydrogen (secondary N) is 2. The maximum absolute atomic E-state index is 5.13. The topological polar surface area (TPSA) is 40.2 Å². The fraction of sp³-hybridized carbons (Fsp3) is 0.414. The molecular formula is C29H36N4. The zero-order chi connectivity index (χ0) is 22.8. The standard InChI is InChI=1S/C29H36N4/c1-4-21-10-14-25-27(16-21)32-26(23-12-8-22(9-13-23)6-5-15-30-3)17-29(25)33-18-24-11-7-20(2)31-28(24)19-33/h8-10,12-14,16-17,24,28,30-31H,2,4-7,11,15,18-19H2,1,3H3. The number of hydrogen-bond acceptors (Lipinski definition) is 4. The van der Waals surface area contributed by atoms with Crippen molar-refractivity contribution in [2.75, 3.05) is 31.6 Å². The minimum absolute atomic E-state index is 0.504. The number of allylic oxidation sites excluding steroid dienone is 1. The summed E-state index contributed by atoms with van der Waals surface area (Å²) in [5.41, 5.74) is 8.61. The molecule has 1 aromatic heterocycles. The Morgan fingerprint density at radius 2 is 1.91 bits per heavy atom. The second-order valence-electron chi connectivity index (χ2n) is 9.69. The molecule has 0 amide bonds. The molecule has 3 heterocycles. The maximum Gasteiger partial charge on any atom is 0.0733 e. The van der Waals surface area contributed by atoms with Crippen molar-refractivity contribution in [3.63, 3.8) is 0 Å². The van der Waals surface area contributed by atoms with Gasteiger partial charge in [-0.15, -0.1) is 0 Å². The predicted molar refractivity (Wildman–Crippen MR) is 140 cm³/mol. The molecule has 2 aliphatic heterocycles. The SMILES string of the molecule is C=C1CCC2CN(c3cc(-c4ccc(CCCNC)cc4)nc4cc(CC)ccc34)CC2N1. The van der Waals surface area contributed by atoms with Crippen molar-refractivity contribution in [3.8, 4) is 11.3 Å². The zero-order valence-electron chi connectivity index (χ0n) is 20.0. The van der Waals surface area contributed by atoms with Gasteiger partial charge in [0.15, 0.2) is 0 Å². The minimum Gasteiger partial charge on any atom is -0.384 e. The van der Waals surface area contributed by atoms with Crippen LogP contribution in [0.2, 0.25) is 0 Å². The molecule has 0 saturated carbocycles. The van der Waals surface area contributed by atoms with Gasteiger partial charge in [0.25, 0.3) is 0 Å². The zero-order valence-corrected chi connectivity index (χ0v) is 20.0. The molecule has 0 radical (unpaired) electrons. The van der Waals surface area contributed by atoms with Gasteiger partial charge in [-0.05, 0) is 74.9 Å². The summed E-state index contributed by atoms with van der Waals surface area (Å²) in [4.78, 5) is 7.70. The maximum atomic E-state index is 5.13. The highest BCUT2D eigenvalue weighted by atomic mass is 15.2. The van der Waals surface area contributed by atoms with Crippen LogP contribution in [0.4, 0.5) is 5.69 Å². The first-order chi connectivity index (χ1) is 16.1. The first kappa shape index (κ1) is 22.0. The van der Waals surface area contributed by atoms with E-state index >= 15 is 0 Å². The molecule has 2 saturated heterocycles. The van der Waals surface area contributed by atoms with Crippen molar-refractivity contribution in [2.45, 2.75) is 45.1 Å². The van der Waals surface area contributed by atoms with E-state index in [2.05, 4.69) is 77.6 Å². The average molecular weight is 441 g/mol. The van der Waals surface area contributed by atoms with E-state index in [1.165, 1.54) is 39.9 Å². The van der Waals surface area contributed by atoms with Gasteiger partial charge in [0, 0.05) is 41.5 Å². The highest BCUT2D eigenvalue weighted by Crippen LogP contribution is 2.37. The van der Waals surface area contributed by atoms with Gasteiger partial charge in [0.05, 0.1) is 11.2 Å². The van der Waals surface area contributed by atoms with Crippen LogP contribution in [0.25, 0.3) is 22.2 Å². The molecule has 2 atom stereocenters. The molecule has 2 N–H and O–H groups in total. The number of hydrogen-bond donors (Lipinski definition) is 2. The Kier molecular flexibility index (Phi) is 6.37. The van der Waals surface area contributed by atoms with Gasteiger partial charge in [-0.1, -0.05) is 49.9 Å². The number of nitrogens with zero attached hydrogens (tertiary/aromatic N) is 2. The van der Waals surface area contributed by atoms with Crippen molar-refractivity contribution in [3.05, 3.63) is 71.9 Å². The predicted octanol–water partition coefficient (Wildman–Crippen LogP) is 5.32. The Bertz CT molecular complexity index is 1130. The van der Waals surface area contributed by atoms with Gasteiger partial charge in [-0.25, -0.2) is 4.98 Å². The van der Waals surface area contributed by atoms with Crippen LogP contribution in [0.15, 0.2) is 60.8 Å². The Labute approximate surface area is 198 Å². The van der Waals surface area contributed by atoms with E-state index in [9.17, 15) is 0 Å². The second kappa shape index (κ2) is 9.56. The van der Waals surface area contributed by atoms with E-state index in [0.29, 0.717) is 12.0 Å². The Hall–Kier alpha value is -2.85. The molecule has 2 unspecified atom stereocenters. The summed E-state index contributed by atoms with van der Waals surface area (Å²) < 4.78 is 0. The molecule has 4 nitrogen and oxygen atoms in total. The Morgan fingerprint density at radius 3 is 2.70 bits per heavy atom. The van der Waals surface area contributed by atoms with Crippen LogP contribution in [-0.4, -0.2) is 37.7 Å². The van der Waals surface area contributed by atoms with Crippen LogP contribution in [0.5, 0.6) is 0 Å². The number of aromatic nitrogens is 1. The van der Waals surface area contributed by atoms with Gasteiger partial charge in [-0.2, -0.15) is 0 Å². The van der Waals surface area contributed by atoms with Crippen molar-refractivity contribution in [1.82, 2.24) is 15.6 Å². The highest BCUT2D eigenvalue weighted by Gasteiger charge is 2.36. The quantitative estimate of drug-likeness (QED) is 0.488. The number of benzene rings is 2. The van der Waals surface area contributed by atoms with E-state index in [1.54, 1.807) is 0 Å². The van der Waals surface area contributed by atoms with Crippen LogP contribution >= 0.6 is 0 Å². The molecule has 5 rings (SSSR count). The fourth-order valence-corrected chi connectivity index (χ4v) is 5.41. The summed E-state index contributed by atoms with van der Waals surface area (Å²) in [7, 11) is 2.01. The molecule has 2 fully saturated rings. The van der Waals surface area contributed by atoms with Gasteiger partial charge in [-0.3, -0.25) is 0 Å². The third-order valence-corrected chi connectivity index (χ3v) is 7.39. The van der Waals surface area contributed by atoms with Crippen LogP contribution in [-0.2, 0) is 12.8 Å². The molecule has 4 heteroatoms. The number of pyridine rings is 1. The Balaban J connectivity index is 1.50. The largest absolute Gasteiger partial charge is 0.384 e. The number of fused-ring (bicyclic) bond motifs is 2. The number of piperidine rings is 1. The van der Waals surface area contributed by atoms with Crippen molar-refractivity contribution >= 4 is 16.6 Å². The highest BCUT2D eigenvalue weighted by molar-refractivity contribution is 5.95. The Morgan fingerprint density at radius 1 is 1.09 bits per heavy atom. The molecule has 0 aliphatic carbocycles. The molecule has 3 aromatic rings. The fourth-order valence-electron chi connectivity index (χ4n) is 5.41. The van der Waals surface area contributed by atoms with Gasteiger partial charge in [0.1, 0.15) is 0 Å². The minimum atomic E-state index is 0.504. The van der Waals surface area contributed by atoms with Gasteiger partial charge < -0.3 is 15.5 Å². The van der Waals surface area contributed by atoms with Crippen LogP contribution < -0.4 is 15.5 Å². The molecular weight excluding hydrogens is 404 g/mol. The summed E-state index contributed by atoms with van der Waals surface area (Å²) in [6, 6.07) is 18.6. The molecule has 0 spiro atoms. The lowest BCUT2D eigenvalue weighted by Crippen LogP contribution is -2.39. The van der Waals surface area contributed by atoms with E-state index in [-0.39, 0.29) is 0 Å². The lowest BCUT2D eigenvalue weighted by Gasteiger charge is -2.27. The summed E-state index contributed by atoms with van der Waals surface area (Å²) in [5.74, 6) is 0.689. The van der Waals surface area contributed by atoms with Crippen molar-refractivity contribution in [1.29, 1.82) is 0 Å². The monoisotopic (exact) mass is 440 g/mol. The van der Waals surface area contributed by atoms with Crippen LogP contribution in [0, 0.1) is 5.92 Å². The summed E-state index contributed by atoms with van der Waals surface area (Å²) >= 11 is 0. The van der Waals surface area contributed by atoms with Crippen molar-refractivity contribution in [2.24, 2.45) is 5.92 Å². The lowest BCUT2D eigenvalue weighted by molar-refractivity contribution is 0.380.